The van der Waals surface area contributed by atoms with Crippen molar-refractivity contribution in [1.29, 1.82) is 0 Å². The Morgan fingerprint density at radius 1 is 1.12 bits per heavy atom. The third-order valence-electron chi connectivity index (χ3n) is 3.73. The average Bonchev–Trinajstić information content (AvgIpc) is 3.08. The molecular formula is C14H30N2. The van der Waals surface area contributed by atoms with E-state index in [-0.39, 0.29) is 0 Å². The van der Waals surface area contributed by atoms with Crippen LogP contribution in [-0.2, 0) is 0 Å². The Kier molecular flexibility index (Phi) is 6.37. The Hall–Kier alpha value is -0.0800. The highest BCUT2D eigenvalue weighted by atomic mass is 15.2. The Morgan fingerprint density at radius 2 is 1.69 bits per heavy atom. The van der Waals surface area contributed by atoms with Crippen LogP contribution in [0, 0.1) is 5.92 Å². The zero-order valence-corrected chi connectivity index (χ0v) is 11.6. The molecule has 1 rings (SSSR count). The normalized spacial score (nSPS) is 20.1. The van der Waals surface area contributed by atoms with Crippen LogP contribution in [0.4, 0.5) is 0 Å². The maximum atomic E-state index is 3.65. The van der Waals surface area contributed by atoms with Crippen LogP contribution >= 0.6 is 0 Å². The lowest BCUT2D eigenvalue weighted by atomic mass is 10.0. The van der Waals surface area contributed by atoms with Crippen molar-refractivity contribution in [2.75, 3.05) is 19.6 Å². The number of nitrogens with zero attached hydrogens (tertiary/aromatic N) is 1. The van der Waals surface area contributed by atoms with Gasteiger partial charge in [-0.1, -0.05) is 20.8 Å². The third kappa shape index (κ3) is 4.84. The SMILES string of the molecule is CCCN(CCC)C(C)C(C)CNC1CC1. The number of rotatable bonds is 9. The minimum Gasteiger partial charge on any atom is -0.314 e. The molecule has 2 heteroatoms. The van der Waals surface area contributed by atoms with Crippen molar-refractivity contribution >= 4 is 0 Å². The monoisotopic (exact) mass is 226 g/mol. The van der Waals surface area contributed by atoms with Crippen molar-refractivity contribution < 1.29 is 0 Å². The van der Waals surface area contributed by atoms with E-state index in [0.29, 0.717) is 6.04 Å². The topological polar surface area (TPSA) is 15.3 Å². The van der Waals surface area contributed by atoms with Crippen molar-refractivity contribution in [3.8, 4) is 0 Å². The molecule has 96 valence electrons. The molecule has 1 fully saturated rings. The van der Waals surface area contributed by atoms with Gasteiger partial charge < -0.3 is 10.2 Å². The van der Waals surface area contributed by atoms with Crippen molar-refractivity contribution in [1.82, 2.24) is 10.2 Å². The molecule has 2 nitrogen and oxygen atoms in total. The molecule has 2 atom stereocenters. The largest absolute Gasteiger partial charge is 0.314 e. The summed E-state index contributed by atoms with van der Waals surface area (Å²) < 4.78 is 0. The summed E-state index contributed by atoms with van der Waals surface area (Å²) in [5, 5.41) is 3.65. The summed E-state index contributed by atoms with van der Waals surface area (Å²) in [7, 11) is 0. The van der Waals surface area contributed by atoms with Gasteiger partial charge in [0, 0.05) is 12.1 Å². The molecular weight excluding hydrogens is 196 g/mol. The predicted octanol–water partition coefficient (Wildman–Crippen LogP) is 2.89. The highest BCUT2D eigenvalue weighted by Crippen LogP contribution is 2.20. The molecule has 1 aliphatic rings. The lowest BCUT2D eigenvalue weighted by molar-refractivity contribution is 0.159. The fraction of sp³-hybridized carbons (Fsp3) is 1.00. The van der Waals surface area contributed by atoms with Gasteiger partial charge in [0.1, 0.15) is 0 Å². The molecule has 0 saturated heterocycles. The van der Waals surface area contributed by atoms with Crippen LogP contribution in [0.1, 0.15) is 53.4 Å². The second-order valence-electron chi connectivity index (χ2n) is 5.44. The van der Waals surface area contributed by atoms with E-state index in [2.05, 4.69) is 37.9 Å². The van der Waals surface area contributed by atoms with Crippen LogP contribution in [0.3, 0.4) is 0 Å². The number of nitrogens with one attached hydrogen (secondary N) is 1. The Balaban J connectivity index is 2.27. The quantitative estimate of drug-likeness (QED) is 0.650. The maximum absolute atomic E-state index is 3.65. The highest BCUT2D eigenvalue weighted by molar-refractivity contribution is 4.83. The molecule has 2 unspecified atom stereocenters. The first-order chi connectivity index (χ1) is 7.69. The van der Waals surface area contributed by atoms with Crippen LogP contribution in [0.25, 0.3) is 0 Å². The van der Waals surface area contributed by atoms with Gasteiger partial charge in [-0.2, -0.15) is 0 Å². The van der Waals surface area contributed by atoms with Crippen LogP contribution in [0.15, 0.2) is 0 Å². The average molecular weight is 226 g/mol. The Bertz CT molecular complexity index is 172. The van der Waals surface area contributed by atoms with Gasteiger partial charge in [-0.05, 0) is 58.2 Å². The van der Waals surface area contributed by atoms with E-state index in [9.17, 15) is 0 Å². The Labute approximate surface area is 102 Å². The van der Waals surface area contributed by atoms with E-state index < -0.39 is 0 Å². The summed E-state index contributed by atoms with van der Waals surface area (Å²) in [6.45, 7) is 13.0. The molecule has 0 radical (unpaired) electrons. The lowest BCUT2D eigenvalue weighted by Crippen LogP contribution is -2.42. The van der Waals surface area contributed by atoms with E-state index in [1.165, 1.54) is 45.3 Å². The molecule has 1 aliphatic carbocycles. The molecule has 16 heavy (non-hydrogen) atoms. The zero-order chi connectivity index (χ0) is 12.0. The fourth-order valence-electron chi connectivity index (χ4n) is 2.26. The van der Waals surface area contributed by atoms with E-state index in [1.54, 1.807) is 0 Å². The summed E-state index contributed by atoms with van der Waals surface area (Å²) in [5.74, 6) is 0.763. The summed E-state index contributed by atoms with van der Waals surface area (Å²) in [6.07, 6.45) is 5.34. The van der Waals surface area contributed by atoms with Gasteiger partial charge >= 0.3 is 0 Å². The molecule has 0 aliphatic heterocycles. The molecule has 0 heterocycles. The fourth-order valence-corrected chi connectivity index (χ4v) is 2.26. The number of hydrogen-bond acceptors (Lipinski definition) is 2. The van der Waals surface area contributed by atoms with Crippen molar-refractivity contribution in [3.05, 3.63) is 0 Å². The molecule has 0 amide bonds. The zero-order valence-electron chi connectivity index (χ0n) is 11.6. The molecule has 0 aromatic heterocycles. The molecule has 0 bridgehead atoms. The van der Waals surface area contributed by atoms with Crippen LogP contribution in [0.5, 0.6) is 0 Å². The predicted molar refractivity (Wildman–Crippen MR) is 71.8 cm³/mol. The van der Waals surface area contributed by atoms with Crippen molar-refractivity contribution in [2.45, 2.75) is 65.5 Å². The van der Waals surface area contributed by atoms with Gasteiger partial charge in [-0.3, -0.25) is 0 Å². The first-order valence-electron chi connectivity index (χ1n) is 7.16. The molecule has 1 N–H and O–H groups in total. The first-order valence-corrected chi connectivity index (χ1v) is 7.16. The summed E-state index contributed by atoms with van der Waals surface area (Å²) in [4.78, 5) is 2.65. The third-order valence-corrected chi connectivity index (χ3v) is 3.73. The highest BCUT2D eigenvalue weighted by Gasteiger charge is 2.24. The Morgan fingerprint density at radius 3 is 2.12 bits per heavy atom. The summed E-state index contributed by atoms with van der Waals surface area (Å²) in [6, 6.07) is 1.56. The molecule has 1 saturated carbocycles. The smallest absolute Gasteiger partial charge is 0.0105 e. The van der Waals surface area contributed by atoms with Gasteiger partial charge in [0.15, 0.2) is 0 Å². The maximum Gasteiger partial charge on any atom is 0.0105 e. The summed E-state index contributed by atoms with van der Waals surface area (Å²) in [5.41, 5.74) is 0. The van der Waals surface area contributed by atoms with Gasteiger partial charge in [-0.25, -0.2) is 0 Å². The van der Waals surface area contributed by atoms with Gasteiger partial charge in [-0.15, -0.1) is 0 Å². The van der Waals surface area contributed by atoms with Crippen LogP contribution in [0.2, 0.25) is 0 Å². The summed E-state index contributed by atoms with van der Waals surface area (Å²) >= 11 is 0. The van der Waals surface area contributed by atoms with E-state index in [0.717, 1.165) is 12.0 Å². The van der Waals surface area contributed by atoms with Gasteiger partial charge in [0.05, 0.1) is 0 Å². The van der Waals surface area contributed by atoms with Crippen molar-refractivity contribution in [2.24, 2.45) is 5.92 Å². The lowest BCUT2D eigenvalue weighted by Gasteiger charge is -2.33. The minimum atomic E-state index is 0.714. The first kappa shape index (κ1) is 14.0. The second kappa shape index (κ2) is 7.29. The molecule has 0 aromatic carbocycles. The van der Waals surface area contributed by atoms with Crippen molar-refractivity contribution in [3.63, 3.8) is 0 Å². The molecule has 0 aromatic rings. The van der Waals surface area contributed by atoms with Crippen LogP contribution < -0.4 is 5.32 Å². The van der Waals surface area contributed by atoms with E-state index >= 15 is 0 Å². The van der Waals surface area contributed by atoms with E-state index in [4.69, 9.17) is 0 Å². The van der Waals surface area contributed by atoms with Gasteiger partial charge in [0.25, 0.3) is 0 Å². The molecule has 0 spiro atoms. The second-order valence-corrected chi connectivity index (χ2v) is 5.44. The van der Waals surface area contributed by atoms with Gasteiger partial charge in [0.2, 0.25) is 0 Å². The van der Waals surface area contributed by atoms with Crippen LogP contribution in [-0.4, -0.2) is 36.6 Å². The standard InChI is InChI=1S/C14H30N2/c1-5-9-16(10-6-2)13(4)12(3)11-15-14-7-8-14/h12-15H,5-11H2,1-4H3. The number of hydrogen-bond donors (Lipinski definition) is 1. The van der Waals surface area contributed by atoms with E-state index in [1.807, 2.05) is 0 Å². The minimum absolute atomic E-state index is 0.714.